The van der Waals surface area contributed by atoms with Crippen LogP contribution in [-0.4, -0.2) is 91.3 Å². The maximum Gasteiger partial charge on any atom is 0.120 e. The topological polar surface area (TPSA) is 87.4 Å². The number of fused-ring (bicyclic) bond motifs is 2. The van der Waals surface area contributed by atoms with Gasteiger partial charge >= 0.3 is 0 Å². The number of benzene rings is 2. The van der Waals surface area contributed by atoms with E-state index < -0.39 is 6.10 Å². The standard InChI is InChI=1S/C28H37N3O5/c1-28(2,3)36-25-10-8-23(9-11-25)33-13-12-30-16-26-18-31(19-27(17-30)35-26)15-22(32)20-34-24-6-4-21(14-29)5-7-24/h4-11,22,26-27,32H,12-13,15-20H2,1-3H3/t22-,26?,27?/m1/s1. The summed E-state index contributed by atoms with van der Waals surface area (Å²) in [6.07, 6.45) is -0.347. The van der Waals surface area contributed by atoms with Crippen molar-refractivity contribution in [3.63, 3.8) is 0 Å². The summed E-state index contributed by atoms with van der Waals surface area (Å²) < 4.78 is 23.7. The van der Waals surface area contributed by atoms with Gasteiger partial charge in [0, 0.05) is 39.3 Å². The molecule has 194 valence electrons. The van der Waals surface area contributed by atoms with E-state index in [0.29, 0.717) is 24.5 Å². The van der Waals surface area contributed by atoms with Crippen LogP contribution in [0.4, 0.5) is 0 Å². The minimum atomic E-state index is -0.593. The number of rotatable bonds is 10. The summed E-state index contributed by atoms with van der Waals surface area (Å²) in [5.41, 5.74) is 0.369. The van der Waals surface area contributed by atoms with Crippen LogP contribution in [-0.2, 0) is 4.74 Å². The first kappa shape index (κ1) is 26.2. The number of aliphatic hydroxyl groups excluding tert-OH is 1. The Labute approximate surface area is 213 Å². The van der Waals surface area contributed by atoms with Crippen molar-refractivity contribution in [1.29, 1.82) is 5.26 Å². The molecule has 0 aliphatic carbocycles. The zero-order chi connectivity index (χ0) is 25.5. The molecule has 0 saturated carbocycles. The number of hydrogen-bond donors (Lipinski definition) is 1. The zero-order valence-electron chi connectivity index (χ0n) is 21.4. The van der Waals surface area contributed by atoms with Gasteiger partial charge in [-0.2, -0.15) is 5.26 Å². The van der Waals surface area contributed by atoms with Crippen LogP contribution in [0.15, 0.2) is 48.5 Å². The third kappa shape index (κ3) is 8.10. The van der Waals surface area contributed by atoms with Crippen molar-refractivity contribution in [3.05, 3.63) is 54.1 Å². The summed E-state index contributed by atoms with van der Waals surface area (Å²) in [5.74, 6) is 2.33. The van der Waals surface area contributed by atoms with E-state index in [-0.39, 0.29) is 24.4 Å². The highest BCUT2D eigenvalue weighted by Gasteiger charge is 2.35. The van der Waals surface area contributed by atoms with Crippen LogP contribution < -0.4 is 14.2 Å². The molecule has 0 radical (unpaired) electrons. The van der Waals surface area contributed by atoms with Crippen molar-refractivity contribution in [2.45, 2.75) is 44.7 Å². The highest BCUT2D eigenvalue weighted by molar-refractivity contribution is 5.34. The molecule has 36 heavy (non-hydrogen) atoms. The number of β-amino-alcohol motifs (C(OH)–C–C–N with tert-alkyl or cyclic N) is 1. The number of nitriles is 1. The van der Waals surface area contributed by atoms with Gasteiger partial charge in [-0.3, -0.25) is 9.80 Å². The molecule has 8 heteroatoms. The van der Waals surface area contributed by atoms with Gasteiger partial charge in [0.1, 0.15) is 42.2 Å². The molecule has 1 N–H and O–H groups in total. The number of hydrogen-bond acceptors (Lipinski definition) is 8. The Morgan fingerprint density at radius 1 is 0.917 bits per heavy atom. The molecular formula is C28H37N3O5. The van der Waals surface area contributed by atoms with Crippen LogP contribution in [0.2, 0.25) is 0 Å². The molecule has 2 saturated heterocycles. The fourth-order valence-electron chi connectivity index (χ4n) is 4.61. The van der Waals surface area contributed by atoms with Crippen molar-refractivity contribution in [2.75, 3.05) is 52.5 Å². The van der Waals surface area contributed by atoms with E-state index in [0.717, 1.165) is 44.2 Å². The third-order valence-corrected chi connectivity index (χ3v) is 6.05. The van der Waals surface area contributed by atoms with E-state index in [1.807, 2.05) is 45.0 Å². The smallest absolute Gasteiger partial charge is 0.120 e. The Kier molecular flexibility index (Phi) is 8.70. The van der Waals surface area contributed by atoms with Gasteiger partial charge in [-0.1, -0.05) is 0 Å². The molecule has 0 spiro atoms. The molecule has 2 aliphatic heterocycles. The average Bonchev–Trinajstić information content (AvgIpc) is 2.83. The Morgan fingerprint density at radius 2 is 1.47 bits per heavy atom. The molecule has 2 aromatic rings. The van der Waals surface area contributed by atoms with Crippen LogP contribution in [0.3, 0.4) is 0 Å². The van der Waals surface area contributed by atoms with E-state index in [1.54, 1.807) is 24.3 Å². The Balaban J connectivity index is 1.15. The van der Waals surface area contributed by atoms with Gasteiger partial charge < -0.3 is 24.1 Å². The van der Waals surface area contributed by atoms with Crippen LogP contribution in [0, 0.1) is 11.3 Å². The van der Waals surface area contributed by atoms with Crippen LogP contribution in [0.5, 0.6) is 17.2 Å². The molecule has 4 rings (SSSR count). The summed E-state index contributed by atoms with van der Waals surface area (Å²) in [6.45, 7) is 11.6. The number of aliphatic hydroxyl groups is 1. The first-order valence-electron chi connectivity index (χ1n) is 12.6. The molecule has 0 amide bonds. The Hall–Kier alpha value is -2.83. The van der Waals surface area contributed by atoms with Crippen molar-refractivity contribution in [2.24, 2.45) is 0 Å². The second kappa shape index (κ2) is 11.9. The first-order valence-corrected chi connectivity index (χ1v) is 12.6. The van der Waals surface area contributed by atoms with Crippen LogP contribution in [0.1, 0.15) is 26.3 Å². The highest BCUT2D eigenvalue weighted by atomic mass is 16.5. The molecule has 2 fully saturated rings. The molecule has 2 aliphatic rings. The van der Waals surface area contributed by atoms with Gasteiger partial charge in [-0.05, 0) is 69.3 Å². The average molecular weight is 496 g/mol. The van der Waals surface area contributed by atoms with Gasteiger partial charge in [0.25, 0.3) is 0 Å². The quantitative estimate of drug-likeness (QED) is 0.538. The Bertz CT molecular complexity index is 986. The lowest BCUT2D eigenvalue weighted by atomic mass is 10.1. The third-order valence-electron chi connectivity index (χ3n) is 6.05. The molecule has 2 bridgehead atoms. The van der Waals surface area contributed by atoms with E-state index in [2.05, 4.69) is 15.9 Å². The highest BCUT2D eigenvalue weighted by Crippen LogP contribution is 2.23. The maximum absolute atomic E-state index is 10.5. The number of nitrogens with zero attached hydrogens (tertiary/aromatic N) is 3. The molecule has 8 nitrogen and oxygen atoms in total. The van der Waals surface area contributed by atoms with E-state index in [1.165, 1.54) is 0 Å². The van der Waals surface area contributed by atoms with E-state index in [4.69, 9.17) is 24.2 Å². The summed E-state index contributed by atoms with van der Waals surface area (Å²) in [4.78, 5) is 4.67. The summed E-state index contributed by atoms with van der Waals surface area (Å²) in [5, 5.41) is 19.4. The van der Waals surface area contributed by atoms with Crippen LogP contribution in [0.25, 0.3) is 0 Å². The van der Waals surface area contributed by atoms with Gasteiger partial charge in [-0.25, -0.2) is 0 Å². The van der Waals surface area contributed by atoms with Crippen molar-refractivity contribution < 1.29 is 24.1 Å². The minimum Gasteiger partial charge on any atom is -0.492 e. The predicted molar refractivity (Wildman–Crippen MR) is 137 cm³/mol. The second-order valence-corrected chi connectivity index (χ2v) is 10.5. The first-order chi connectivity index (χ1) is 17.3. The fourth-order valence-corrected chi connectivity index (χ4v) is 4.61. The van der Waals surface area contributed by atoms with Gasteiger partial charge in [0.15, 0.2) is 0 Å². The number of ether oxygens (including phenoxy) is 4. The lowest BCUT2D eigenvalue weighted by Crippen LogP contribution is -2.60. The Morgan fingerprint density at radius 3 is 2.08 bits per heavy atom. The monoisotopic (exact) mass is 495 g/mol. The van der Waals surface area contributed by atoms with Gasteiger partial charge in [0.2, 0.25) is 0 Å². The SMILES string of the molecule is CC(C)(C)Oc1ccc(OCCN2CC3CN(C[C@@H](O)COc4ccc(C#N)cc4)CC(C2)O3)cc1. The molecule has 0 aromatic heterocycles. The molecule has 2 heterocycles. The summed E-state index contributed by atoms with van der Waals surface area (Å²) >= 11 is 0. The van der Waals surface area contributed by atoms with Gasteiger partial charge in [-0.15, -0.1) is 0 Å². The summed E-state index contributed by atoms with van der Waals surface area (Å²) in [6, 6.07) is 16.8. The van der Waals surface area contributed by atoms with Crippen molar-refractivity contribution >= 4 is 0 Å². The second-order valence-electron chi connectivity index (χ2n) is 10.5. The minimum absolute atomic E-state index is 0.123. The molecule has 2 unspecified atom stereocenters. The zero-order valence-corrected chi connectivity index (χ0v) is 21.4. The van der Waals surface area contributed by atoms with Crippen molar-refractivity contribution in [3.8, 4) is 23.3 Å². The summed E-state index contributed by atoms with van der Waals surface area (Å²) in [7, 11) is 0. The molecule has 2 aromatic carbocycles. The maximum atomic E-state index is 10.5. The van der Waals surface area contributed by atoms with Crippen molar-refractivity contribution in [1.82, 2.24) is 9.80 Å². The molecular weight excluding hydrogens is 458 g/mol. The lowest BCUT2D eigenvalue weighted by Gasteiger charge is -2.46. The van der Waals surface area contributed by atoms with E-state index in [9.17, 15) is 5.11 Å². The van der Waals surface area contributed by atoms with Gasteiger partial charge in [0.05, 0.1) is 23.8 Å². The van der Waals surface area contributed by atoms with Crippen LogP contribution >= 0.6 is 0 Å². The largest absolute Gasteiger partial charge is 0.492 e. The number of morpholine rings is 2. The van der Waals surface area contributed by atoms with E-state index >= 15 is 0 Å². The molecule has 3 atom stereocenters. The normalized spacial score (nSPS) is 21.4. The fraction of sp³-hybridized carbons (Fsp3) is 0.536. The predicted octanol–water partition coefficient (Wildman–Crippen LogP) is 2.94. The lowest BCUT2D eigenvalue weighted by molar-refractivity contribution is -0.144.